The van der Waals surface area contributed by atoms with Crippen molar-refractivity contribution in [2.45, 2.75) is 37.3 Å². The fourth-order valence-electron chi connectivity index (χ4n) is 4.52. The highest BCUT2D eigenvalue weighted by Gasteiger charge is 2.31. The zero-order valence-corrected chi connectivity index (χ0v) is 23.9. The fraction of sp³-hybridized carbons (Fsp3) is 0.194. The molecule has 2 N–H and O–H groups in total. The molecule has 0 radical (unpaired) electrons. The van der Waals surface area contributed by atoms with Gasteiger partial charge in [0.1, 0.15) is 6.23 Å². The summed E-state index contributed by atoms with van der Waals surface area (Å²) in [5.41, 5.74) is 0.740. The van der Waals surface area contributed by atoms with Crippen molar-refractivity contribution in [1.82, 2.24) is 9.88 Å². The van der Waals surface area contributed by atoms with E-state index < -0.39 is 33.1 Å². The summed E-state index contributed by atoms with van der Waals surface area (Å²) in [6, 6.07) is 19.6. The maximum atomic E-state index is 13.7. The first-order valence-electron chi connectivity index (χ1n) is 12.9. The molecule has 8 nitrogen and oxygen atoms in total. The first kappa shape index (κ1) is 31.2. The number of aliphatic hydroxyl groups is 1. The number of hydrogen-bond acceptors (Lipinski definition) is 7. The van der Waals surface area contributed by atoms with E-state index in [0.717, 1.165) is 17.7 Å². The Labute approximate surface area is 246 Å². The van der Waals surface area contributed by atoms with Gasteiger partial charge in [0.25, 0.3) is 0 Å². The molecule has 0 aliphatic heterocycles. The lowest BCUT2D eigenvalue weighted by atomic mass is 9.98. The highest BCUT2D eigenvalue weighted by atomic mass is 32.2. The van der Waals surface area contributed by atoms with Crippen molar-refractivity contribution in [1.29, 1.82) is 10.5 Å². The largest absolute Gasteiger partial charge is 0.416 e. The summed E-state index contributed by atoms with van der Waals surface area (Å²) >= 11 is 0. The minimum atomic E-state index is -4.62. The second kappa shape index (κ2) is 12.6. The van der Waals surface area contributed by atoms with Crippen LogP contribution in [0.25, 0.3) is 11.1 Å². The molecule has 0 saturated carbocycles. The smallest absolute Gasteiger partial charge is 0.374 e. The van der Waals surface area contributed by atoms with E-state index >= 15 is 0 Å². The van der Waals surface area contributed by atoms with Gasteiger partial charge in [-0.05, 0) is 60.0 Å². The third kappa shape index (κ3) is 7.19. The Morgan fingerprint density at radius 3 is 2.30 bits per heavy atom. The van der Waals surface area contributed by atoms with E-state index in [2.05, 4.69) is 9.68 Å². The van der Waals surface area contributed by atoms with Gasteiger partial charge in [0.15, 0.2) is 5.43 Å². The van der Waals surface area contributed by atoms with Crippen LogP contribution >= 0.6 is 0 Å². The monoisotopic (exact) mass is 605 g/mol. The predicted octanol–water partition coefficient (Wildman–Crippen LogP) is 5.48. The molecular weight excluding hydrogens is 579 g/mol. The maximum Gasteiger partial charge on any atom is 0.416 e. The normalized spacial score (nSPS) is 13.4. The van der Waals surface area contributed by atoms with E-state index in [4.69, 9.17) is 10.5 Å². The average molecular weight is 606 g/mol. The first-order valence-corrected chi connectivity index (χ1v) is 14.8. The molecule has 1 aromatic heterocycles. The van der Waals surface area contributed by atoms with E-state index in [1.54, 1.807) is 66.2 Å². The van der Waals surface area contributed by atoms with Crippen LogP contribution in [0.4, 0.5) is 13.2 Å². The number of benzene rings is 3. The molecule has 1 heterocycles. The van der Waals surface area contributed by atoms with E-state index in [1.165, 1.54) is 24.6 Å². The maximum absolute atomic E-state index is 13.7. The van der Waals surface area contributed by atoms with E-state index in [9.17, 15) is 27.3 Å². The molecule has 12 heteroatoms. The molecule has 0 aliphatic carbocycles. The summed E-state index contributed by atoms with van der Waals surface area (Å²) in [6.07, 6.45) is -1.76. The highest BCUT2D eigenvalue weighted by Crippen LogP contribution is 2.32. The number of hydrogen-bond donors (Lipinski definition) is 2. The standard InChI is InChI=1S/C31H26F3N5O3S/c1-20-28(24-4-3-5-25(14-24)31(32,33)34)29(40)27(18-39(20)17-23-8-6-21(15-35)7-9-23)30(41)37-16-22-10-12-26(13-11-22)43(2,42)38-19-36/h3-14,18,30,37,41H,16-17H2,1-2H3. The molecule has 0 saturated heterocycles. The molecule has 4 rings (SSSR count). The average Bonchev–Trinajstić information content (AvgIpc) is 2.97. The lowest BCUT2D eigenvalue weighted by molar-refractivity contribution is -0.137. The van der Waals surface area contributed by atoms with Crippen LogP contribution in [0.15, 0.2) is 93.0 Å². The SMILES string of the molecule is Cc1c(-c2cccc(C(F)(F)F)c2)c(=O)c(C(O)NCc2ccc(S(C)(=O)=NC#N)cc2)cn1Cc1ccc(C#N)cc1. The Kier molecular flexibility index (Phi) is 9.16. The molecule has 0 amide bonds. The highest BCUT2D eigenvalue weighted by molar-refractivity contribution is 7.93. The second-order valence-electron chi connectivity index (χ2n) is 9.81. The third-order valence-corrected chi connectivity index (χ3v) is 8.44. The van der Waals surface area contributed by atoms with Crippen LogP contribution < -0.4 is 10.7 Å². The molecule has 3 aromatic carbocycles. The summed E-state index contributed by atoms with van der Waals surface area (Å²) in [5.74, 6) is 0. The molecule has 220 valence electrons. The molecule has 0 bridgehead atoms. The van der Waals surface area contributed by atoms with Gasteiger partial charge in [0, 0.05) is 41.7 Å². The number of nitrogens with zero attached hydrogens (tertiary/aromatic N) is 4. The van der Waals surface area contributed by atoms with Gasteiger partial charge in [-0.3, -0.25) is 10.1 Å². The number of aromatic nitrogens is 1. The lowest BCUT2D eigenvalue weighted by Crippen LogP contribution is -2.29. The summed E-state index contributed by atoms with van der Waals surface area (Å²) < 4.78 is 58.2. The zero-order chi connectivity index (χ0) is 31.4. The number of alkyl halides is 3. The van der Waals surface area contributed by atoms with E-state index in [1.807, 2.05) is 6.07 Å². The van der Waals surface area contributed by atoms with Gasteiger partial charge < -0.3 is 9.67 Å². The number of nitrogens with one attached hydrogen (secondary N) is 1. The van der Waals surface area contributed by atoms with Crippen LogP contribution in [-0.4, -0.2) is 20.1 Å². The quantitative estimate of drug-likeness (QED) is 0.202. The lowest BCUT2D eigenvalue weighted by Gasteiger charge is -2.21. The minimum Gasteiger partial charge on any atom is -0.374 e. The Hall–Kier alpha value is -4.75. The van der Waals surface area contributed by atoms with Gasteiger partial charge in [0.2, 0.25) is 6.19 Å². The van der Waals surface area contributed by atoms with Gasteiger partial charge >= 0.3 is 6.18 Å². The molecule has 0 aliphatic rings. The van der Waals surface area contributed by atoms with Crippen molar-refractivity contribution in [3.05, 3.63) is 123 Å². The van der Waals surface area contributed by atoms with Gasteiger partial charge in [0.05, 0.1) is 32.5 Å². The van der Waals surface area contributed by atoms with Crippen molar-refractivity contribution < 1.29 is 22.5 Å². The number of aliphatic hydroxyl groups excluding tert-OH is 1. The van der Waals surface area contributed by atoms with Crippen LogP contribution in [0, 0.1) is 29.7 Å². The van der Waals surface area contributed by atoms with Crippen LogP contribution in [0.2, 0.25) is 0 Å². The summed E-state index contributed by atoms with van der Waals surface area (Å²) in [6.45, 7) is 1.93. The third-order valence-electron chi connectivity index (χ3n) is 6.86. The molecule has 0 spiro atoms. The molecule has 0 fully saturated rings. The number of halogens is 3. The van der Waals surface area contributed by atoms with Crippen LogP contribution in [0.5, 0.6) is 0 Å². The molecule has 2 unspecified atom stereocenters. The summed E-state index contributed by atoms with van der Waals surface area (Å²) in [5, 5.41) is 31.8. The van der Waals surface area contributed by atoms with Crippen molar-refractivity contribution in [3.8, 4) is 23.4 Å². The van der Waals surface area contributed by atoms with Gasteiger partial charge in [-0.2, -0.15) is 23.7 Å². The minimum absolute atomic E-state index is 0.0152. The predicted molar refractivity (Wildman–Crippen MR) is 155 cm³/mol. The summed E-state index contributed by atoms with van der Waals surface area (Å²) in [4.78, 5) is 14.1. The van der Waals surface area contributed by atoms with Crippen molar-refractivity contribution in [3.63, 3.8) is 0 Å². The van der Waals surface area contributed by atoms with Crippen molar-refractivity contribution >= 4 is 9.73 Å². The van der Waals surface area contributed by atoms with Gasteiger partial charge in [-0.25, -0.2) is 4.21 Å². The molecule has 2 atom stereocenters. The number of rotatable bonds is 8. The Balaban J connectivity index is 1.73. The topological polar surface area (TPSA) is 131 Å². The molecule has 43 heavy (non-hydrogen) atoms. The van der Waals surface area contributed by atoms with Crippen LogP contribution in [0.1, 0.15) is 39.7 Å². The first-order chi connectivity index (χ1) is 20.3. The molecular formula is C31H26F3N5O3S. The van der Waals surface area contributed by atoms with Crippen molar-refractivity contribution in [2.75, 3.05) is 6.26 Å². The van der Waals surface area contributed by atoms with Gasteiger partial charge in [-0.15, -0.1) is 4.36 Å². The van der Waals surface area contributed by atoms with Crippen LogP contribution in [-0.2, 0) is 29.0 Å². The van der Waals surface area contributed by atoms with Gasteiger partial charge in [-0.1, -0.05) is 36.4 Å². The van der Waals surface area contributed by atoms with E-state index in [0.29, 0.717) is 21.7 Å². The number of pyridine rings is 1. The molecule has 4 aromatic rings. The zero-order valence-electron chi connectivity index (χ0n) is 23.1. The second-order valence-corrected chi connectivity index (χ2v) is 12.1. The number of nitriles is 2. The van der Waals surface area contributed by atoms with Crippen LogP contribution in [0.3, 0.4) is 0 Å². The van der Waals surface area contributed by atoms with Crippen molar-refractivity contribution in [2.24, 2.45) is 4.36 Å². The Morgan fingerprint density at radius 1 is 1.05 bits per heavy atom. The fourth-order valence-corrected chi connectivity index (χ4v) is 5.42. The Morgan fingerprint density at radius 2 is 1.70 bits per heavy atom. The van der Waals surface area contributed by atoms with E-state index in [-0.39, 0.29) is 29.8 Å². The summed E-state index contributed by atoms with van der Waals surface area (Å²) in [7, 11) is -2.88. The Bertz CT molecular complexity index is 1910.